The summed E-state index contributed by atoms with van der Waals surface area (Å²) in [7, 11) is 0. The highest BCUT2D eigenvalue weighted by Gasteiger charge is 2.23. The van der Waals surface area contributed by atoms with Crippen LogP contribution in [0.15, 0.2) is 48.1 Å². The van der Waals surface area contributed by atoms with Crippen molar-refractivity contribution in [1.29, 1.82) is 0 Å². The summed E-state index contributed by atoms with van der Waals surface area (Å²) < 4.78 is 0. The molecule has 0 heterocycles. The van der Waals surface area contributed by atoms with Crippen molar-refractivity contribution in [1.82, 2.24) is 0 Å². The Kier molecular flexibility index (Phi) is 3.51. The molecule has 0 aromatic rings. The standard InChI is InChI=1S/C14H20/c1-5-7-12-9-13(8-6-2)11-14(3,4)10-12/h5-9H,1,10-11H2,2-4H3. The molecule has 0 atom stereocenters. The molecule has 0 saturated carbocycles. The van der Waals surface area contributed by atoms with Gasteiger partial charge in [0.05, 0.1) is 0 Å². The lowest BCUT2D eigenvalue weighted by Crippen LogP contribution is -2.16. The van der Waals surface area contributed by atoms with E-state index in [9.17, 15) is 0 Å². The van der Waals surface area contributed by atoms with Crippen molar-refractivity contribution in [3.8, 4) is 0 Å². The van der Waals surface area contributed by atoms with E-state index in [1.165, 1.54) is 17.6 Å². The summed E-state index contributed by atoms with van der Waals surface area (Å²) >= 11 is 0. The van der Waals surface area contributed by atoms with E-state index < -0.39 is 0 Å². The van der Waals surface area contributed by atoms with Crippen LogP contribution in [0.25, 0.3) is 0 Å². The first-order valence-corrected chi connectivity index (χ1v) is 5.22. The zero-order chi connectivity index (χ0) is 10.6. The number of allylic oxidation sites excluding steroid dienone is 7. The summed E-state index contributed by atoms with van der Waals surface area (Å²) in [4.78, 5) is 0. The molecule has 0 saturated heterocycles. The number of hydrogen-bond acceptors (Lipinski definition) is 0. The summed E-state index contributed by atoms with van der Waals surface area (Å²) in [5.74, 6) is 0. The molecule has 0 spiro atoms. The van der Waals surface area contributed by atoms with E-state index in [1.54, 1.807) is 0 Å². The van der Waals surface area contributed by atoms with Gasteiger partial charge in [-0.05, 0) is 36.3 Å². The minimum atomic E-state index is 0.387. The predicted octanol–water partition coefficient (Wildman–Crippen LogP) is 4.42. The second-order valence-electron chi connectivity index (χ2n) is 4.71. The fraction of sp³-hybridized carbons (Fsp3) is 0.429. The normalized spacial score (nSPS) is 23.9. The molecule has 0 heteroatoms. The van der Waals surface area contributed by atoms with Crippen molar-refractivity contribution in [2.75, 3.05) is 0 Å². The van der Waals surface area contributed by atoms with E-state index in [4.69, 9.17) is 0 Å². The molecule has 0 amide bonds. The van der Waals surface area contributed by atoms with Crippen molar-refractivity contribution in [2.45, 2.75) is 33.6 Å². The van der Waals surface area contributed by atoms with Crippen LogP contribution in [0.5, 0.6) is 0 Å². The van der Waals surface area contributed by atoms with E-state index in [0.29, 0.717) is 5.41 Å². The van der Waals surface area contributed by atoms with Gasteiger partial charge in [-0.25, -0.2) is 0 Å². The van der Waals surface area contributed by atoms with Crippen LogP contribution in [0.4, 0.5) is 0 Å². The number of rotatable bonds is 2. The molecule has 0 unspecified atom stereocenters. The molecule has 0 radical (unpaired) electrons. The molecule has 76 valence electrons. The van der Waals surface area contributed by atoms with Crippen molar-refractivity contribution in [3.63, 3.8) is 0 Å². The molecule has 0 bridgehead atoms. The maximum atomic E-state index is 3.75. The van der Waals surface area contributed by atoms with Gasteiger partial charge < -0.3 is 0 Å². The van der Waals surface area contributed by atoms with Crippen LogP contribution < -0.4 is 0 Å². The van der Waals surface area contributed by atoms with Crippen molar-refractivity contribution in [2.24, 2.45) is 5.41 Å². The number of hydrogen-bond donors (Lipinski definition) is 0. The third-order valence-electron chi connectivity index (χ3n) is 2.45. The first kappa shape index (κ1) is 11.0. The van der Waals surface area contributed by atoms with Crippen molar-refractivity contribution < 1.29 is 0 Å². The van der Waals surface area contributed by atoms with Crippen LogP contribution in [0.3, 0.4) is 0 Å². The smallest absolute Gasteiger partial charge is 0.0224 e. The predicted molar refractivity (Wildman–Crippen MR) is 64.2 cm³/mol. The second-order valence-corrected chi connectivity index (χ2v) is 4.71. The highest BCUT2D eigenvalue weighted by Crippen LogP contribution is 2.38. The van der Waals surface area contributed by atoms with Gasteiger partial charge in [0, 0.05) is 0 Å². The Labute approximate surface area is 87.7 Å². The van der Waals surface area contributed by atoms with Crippen molar-refractivity contribution in [3.05, 3.63) is 48.1 Å². The van der Waals surface area contributed by atoms with Crippen LogP contribution in [-0.2, 0) is 0 Å². The molecule has 0 aliphatic heterocycles. The maximum absolute atomic E-state index is 3.75. The Morgan fingerprint density at radius 1 is 1.36 bits per heavy atom. The lowest BCUT2D eigenvalue weighted by atomic mass is 9.75. The van der Waals surface area contributed by atoms with Gasteiger partial charge in [-0.3, -0.25) is 0 Å². The lowest BCUT2D eigenvalue weighted by Gasteiger charge is -2.30. The summed E-state index contributed by atoms with van der Waals surface area (Å²) in [6, 6.07) is 0. The minimum absolute atomic E-state index is 0.387. The molecule has 0 N–H and O–H groups in total. The molecule has 0 aromatic carbocycles. The summed E-state index contributed by atoms with van der Waals surface area (Å²) in [6.45, 7) is 10.5. The zero-order valence-corrected chi connectivity index (χ0v) is 9.51. The lowest BCUT2D eigenvalue weighted by molar-refractivity contribution is 0.355. The highest BCUT2D eigenvalue weighted by atomic mass is 14.3. The largest absolute Gasteiger partial charge is 0.0991 e. The summed E-state index contributed by atoms with van der Waals surface area (Å²) in [5.41, 5.74) is 3.21. The topological polar surface area (TPSA) is 0 Å². The van der Waals surface area contributed by atoms with Crippen LogP contribution in [-0.4, -0.2) is 0 Å². The third kappa shape index (κ3) is 3.02. The highest BCUT2D eigenvalue weighted by molar-refractivity contribution is 5.36. The zero-order valence-electron chi connectivity index (χ0n) is 9.51. The molecular weight excluding hydrogens is 168 g/mol. The van der Waals surface area contributed by atoms with Gasteiger partial charge >= 0.3 is 0 Å². The van der Waals surface area contributed by atoms with E-state index in [2.05, 4.69) is 51.7 Å². The average Bonchev–Trinajstić information content (AvgIpc) is 2.01. The molecular formula is C14H20. The van der Waals surface area contributed by atoms with Gasteiger partial charge in [-0.2, -0.15) is 0 Å². The molecule has 0 nitrogen and oxygen atoms in total. The van der Waals surface area contributed by atoms with E-state index >= 15 is 0 Å². The van der Waals surface area contributed by atoms with Gasteiger partial charge in [0.25, 0.3) is 0 Å². The Balaban J connectivity index is 2.96. The molecule has 0 fully saturated rings. The van der Waals surface area contributed by atoms with Crippen LogP contribution in [0.1, 0.15) is 33.6 Å². The fourth-order valence-electron chi connectivity index (χ4n) is 2.09. The van der Waals surface area contributed by atoms with Crippen molar-refractivity contribution >= 4 is 0 Å². The van der Waals surface area contributed by atoms with Gasteiger partial charge in [0.15, 0.2) is 0 Å². The Bertz CT molecular complexity index is 298. The Hall–Kier alpha value is -1.04. The summed E-state index contributed by atoms with van der Waals surface area (Å²) in [5, 5.41) is 0. The second kappa shape index (κ2) is 4.45. The average molecular weight is 188 g/mol. The molecule has 0 aromatic heterocycles. The fourth-order valence-corrected chi connectivity index (χ4v) is 2.09. The third-order valence-corrected chi connectivity index (χ3v) is 2.45. The van der Waals surface area contributed by atoms with Gasteiger partial charge in [0.2, 0.25) is 0 Å². The van der Waals surface area contributed by atoms with E-state index in [0.717, 1.165) is 6.42 Å². The first-order valence-electron chi connectivity index (χ1n) is 5.22. The summed E-state index contributed by atoms with van der Waals surface area (Å²) in [6.07, 6.45) is 12.9. The van der Waals surface area contributed by atoms with E-state index in [1.807, 2.05) is 6.08 Å². The van der Waals surface area contributed by atoms with E-state index in [-0.39, 0.29) is 0 Å². The quantitative estimate of drug-likeness (QED) is 0.601. The minimum Gasteiger partial charge on any atom is -0.0991 e. The van der Waals surface area contributed by atoms with Crippen LogP contribution in [0, 0.1) is 5.41 Å². The van der Waals surface area contributed by atoms with Gasteiger partial charge in [-0.1, -0.05) is 50.8 Å². The SMILES string of the molecule is C=CC=C1C=C(C=CC)CC(C)(C)C1. The van der Waals surface area contributed by atoms with Crippen LogP contribution >= 0.6 is 0 Å². The maximum Gasteiger partial charge on any atom is -0.0224 e. The Morgan fingerprint density at radius 2 is 2.07 bits per heavy atom. The molecule has 14 heavy (non-hydrogen) atoms. The molecule has 1 aliphatic carbocycles. The van der Waals surface area contributed by atoms with Gasteiger partial charge in [0.1, 0.15) is 0 Å². The van der Waals surface area contributed by atoms with Crippen LogP contribution in [0.2, 0.25) is 0 Å². The first-order chi connectivity index (χ1) is 6.57. The van der Waals surface area contributed by atoms with Gasteiger partial charge in [-0.15, -0.1) is 0 Å². The monoisotopic (exact) mass is 188 g/mol. The molecule has 1 rings (SSSR count). The Morgan fingerprint density at radius 3 is 2.64 bits per heavy atom. The molecule has 1 aliphatic rings.